The lowest BCUT2D eigenvalue weighted by molar-refractivity contribution is 0.0694. The number of aromatic carboxylic acids is 1. The van der Waals surface area contributed by atoms with Gasteiger partial charge in [-0.3, -0.25) is 4.79 Å². The van der Waals surface area contributed by atoms with Gasteiger partial charge < -0.3 is 5.11 Å². The Kier molecular flexibility index (Phi) is 2.45. The Balaban J connectivity index is 3.37. The molecule has 0 aliphatic heterocycles. The molecule has 1 aromatic rings. The van der Waals surface area contributed by atoms with E-state index in [9.17, 15) is 9.59 Å². The van der Waals surface area contributed by atoms with Crippen LogP contribution in [0.1, 0.15) is 20.7 Å². The van der Waals surface area contributed by atoms with Crippen molar-refractivity contribution >= 4 is 23.9 Å². The molecule has 1 N–H and O–H groups in total. The van der Waals surface area contributed by atoms with Gasteiger partial charge in [-0.05, 0) is 12.1 Å². The molecule has 0 aliphatic carbocycles. The molecule has 0 heterocycles. The summed E-state index contributed by atoms with van der Waals surface area (Å²) in [5.74, 6) is -1.15. The van der Waals surface area contributed by atoms with E-state index in [4.69, 9.17) is 16.7 Å². The van der Waals surface area contributed by atoms with Crippen LogP contribution in [-0.2, 0) is 0 Å². The third-order valence-corrected chi connectivity index (χ3v) is 1.73. The van der Waals surface area contributed by atoms with E-state index in [-0.39, 0.29) is 16.1 Å². The van der Waals surface area contributed by atoms with Crippen molar-refractivity contribution in [3.05, 3.63) is 34.3 Å². The van der Waals surface area contributed by atoms with Crippen molar-refractivity contribution in [3.8, 4) is 0 Å². The summed E-state index contributed by atoms with van der Waals surface area (Å²) in [6.45, 7) is 0. The zero-order valence-electron chi connectivity index (χ0n) is 5.95. The average Bonchev–Trinajstić information content (AvgIpc) is 2.03. The molecule has 12 heavy (non-hydrogen) atoms. The fourth-order valence-corrected chi connectivity index (χ4v) is 1.06. The van der Waals surface area contributed by atoms with Gasteiger partial charge in [-0.25, -0.2) is 4.79 Å². The van der Waals surface area contributed by atoms with E-state index in [0.717, 1.165) is 0 Å². The number of rotatable bonds is 2. The molecule has 0 aliphatic rings. The van der Waals surface area contributed by atoms with Crippen LogP contribution in [0, 0.1) is 0 Å². The van der Waals surface area contributed by atoms with Crippen LogP contribution in [0.25, 0.3) is 0 Å². The summed E-state index contributed by atoms with van der Waals surface area (Å²) in [7, 11) is 0. The minimum atomic E-state index is -1.15. The Bertz CT molecular complexity index is 333. The first-order chi connectivity index (χ1) is 5.66. The smallest absolute Gasteiger partial charge is 0.336 e. The maximum atomic E-state index is 10.5. The van der Waals surface area contributed by atoms with Crippen LogP contribution in [-0.4, -0.2) is 17.4 Å². The predicted octanol–water partition coefficient (Wildman–Crippen LogP) is 1.85. The van der Waals surface area contributed by atoms with Crippen LogP contribution in [0.2, 0.25) is 5.02 Å². The second-order valence-corrected chi connectivity index (χ2v) is 2.53. The summed E-state index contributed by atoms with van der Waals surface area (Å²) < 4.78 is 0. The zero-order chi connectivity index (χ0) is 9.14. The van der Waals surface area contributed by atoms with E-state index in [1.54, 1.807) is 0 Å². The lowest BCUT2D eigenvalue weighted by Crippen LogP contribution is -2.01. The molecule has 4 heteroatoms. The van der Waals surface area contributed by atoms with Gasteiger partial charge in [-0.15, -0.1) is 0 Å². The number of carboxylic acids is 1. The Morgan fingerprint density at radius 3 is 2.58 bits per heavy atom. The van der Waals surface area contributed by atoms with Gasteiger partial charge in [0, 0.05) is 5.56 Å². The van der Waals surface area contributed by atoms with Gasteiger partial charge in [-0.2, -0.15) is 0 Å². The molecule has 0 aromatic heterocycles. The van der Waals surface area contributed by atoms with Crippen LogP contribution >= 0.6 is 11.6 Å². The number of hydrogen-bond donors (Lipinski definition) is 1. The van der Waals surface area contributed by atoms with Crippen molar-refractivity contribution in [2.75, 3.05) is 0 Å². The van der Waals surface area contributed by atoms with E-state index >= 15 is 0 Å². The number of carboxylic acid groups (broad SMARTS) is 1. The largest absolute Gasteiger partial charge is 0.478 e. The Labute approximate surface area is 73.6 Å². The summed E-state index contributed by atoms with van der Waals surface area (Å²) in [4.78, 5) is 20.9. The van der Waals surface area contributed by atoms with Crippen LogP contribution in [0.3, 0.4) is 0 Å². The molecule has 1 aromatic carbocycles. The molecule has 0 amide bonds. The summed E-state index contributed by atoms with van der Waals surface area (Å²) in [6.07, 6.45) is 0.436. The number of carbonyl (C=O) groups excluding carboxylic acids is 1. The first-order valence-electron chi connectivity index (χ1n) is 3.14. The Morgan fingerprint density at radius 2 is 2.17 bits per heavy atom. The van der Waals surface area contributed by atoms with Crippen molar-refractivity contribution in [1.82, 2.24) is 0 Å². The third kappa shape index (κ3) is 1.46. The first kappa shape index (κ1) is 8.74. The van der Waals surface area contributed by atoms with Crippen molar-refractivity contribution in [3.63, 3.8) is 0 Å². The van der Waals surface area contributed by atoms with Gasteiger partial charge in [0.05, 0.1) is 10.6 Å². The normalized spacial score (nSPS) is 9.42. The fraction of sp³-hybridized carbons (Fsp3) is 0. The number of benzene rings is 1. The summed E-state index contributed by atoms with van der Waals surface area (Å²) >= 11 is 5.58. The van der Waals surface area contributed by atoms with E-state index in [2.05, 4.69) is 0 Å². The van der Waals surface area contributed by atoms with Gasteiger partial charge in [-0.1, -0.05) is 17.7 Å². The van der Waals surface area contributed by atoms with Crippen LogP contribution in [0.15, 0.2) is 18.2 Å². The molecule has 0 bridgehead atoms. The number of carbonyl (C=O) groups is 2. The maximum absolute atomic E-state index is 10.5. The van der Waals surface area contributed by atoms with Crippen molar-refractivity contribution in [2.45, 2.75) is 0 Å². The number of hydrogen-bond acceptors (Lipinski definition) is 2. The van der Waals surface area contributed by atoms with Gasteiger partial charge in [0.1, 0.15) is 0 Å². The summed E-state index contributed by atoms with van der Waals surface area (Å²) in [5, 5.41) is 8.76. The van der Waals surface area contributed by atoms with Crippen molar-refractivity contribution in [1.29, 1.82) is 0 Å². The molecular formula is C8H5ClO3. The quantitative estimate of drug-likeness (QED) is 0.714. The Hall–Kier alpha value is -1.35. The highest BCUT2D eigenvalue weighted by Crippen LogP contribution is 2.17. The van der Waals surface area contributed by atoms with Gasteiger partial charge >= 0.3 is 5.97 Å². The predicted molar refractivity (Wildman–Crippen MR) is 43.8 cm³/mol. The SMILES string of the molecule is O=Cc1c(Cl)cccc1C(=O)O. The number of aldehydes is 1. The topological polar surface area (TPSA) is 54.4 Å². The summed E-state index contributed by atoms with van der Waals surface area (Å²) in [5.41, 5.74) is -0.0517. The second-order valence-electron chi connectivity index (χ2n) is 2.12. The van der Waals surface area contributed by atoms with E-state index in [1.807, 2.05) is 0 Å². The standard InChI is InChI=1S/C8H5ClO3/c9-7-3-1-2-5(8(11)12)6(7)4-10/h1-4H,(H,11,12). The van der Waals surface area contributed by atoms with Gasteiger partial charge in [0.2, 0.25) is 0 Å². The molecule has 1 rings (SSSR count). The average molecular weight is 185 g/mol. The molecular weight excluding hydrogens is 180 g/mol. The van der Waals surface area contributed by atoms with Gasteiger partial charge in [0.15, 0.2) is 6.29 Å². The maximum Gasteiger partial charge on any atom is 0.336 e. The molecule has 0 saturated heterocycles. The van der Waals surface area contributed by atoms with Crippen LogP contribution < -0.4 is 0 Å². The van der Waals surface area contributed by atoms with Crippen LogP contribution in [0.5, 0.6) is 0 Å². The van der Waals surface area contributed by atoms with E-state index in [0.29, 0.717) is 6.29 Å². The second kappa shape index (κ2) is 3.36. The molecule has 0 saturated carbocycles. The molecule has 3 nitrogen and oxygen atoms in total. The monoisotopic (exact) mass is 184 g/mol. The molecule has 0 atom stereocenters. The molecule has 0 unspecified atom stereocenters. The fourth-order valence-electron chi connectivity index (χ4n) is 0.843. The highest BCUT2D eigenvalue weighted by atomic mass is 35.5. The molecule has 0 fully saturated rings. The van der Waals surface area contributed by atoms with Gasteiger partial charge in [0.25, 0.3) is 0 Å². The lowest BCUT2D eigenvalue weighted by atomic mass is 10.1. The van der Waals surface area contributed by atoms with E-state index in [1.165, 1.54) is 18.2 Å². The minimum absolute atomic E-state index is 0.0201. The van der Waals surface area contributed by atoms with Crippen molar-refractivity contribution < 1.29 is 14.7 Å². The zero-order valence-corrected chi connectivity index (χ0v) is 6.71. The molecule has 0 spiro atoms. The van der Waals surface area contributed by atoms with Crippen LogP contribution in [0.4, 0.5) is 0 Å². The highest BCUT2D eigenvalue weighted by molar-refractivity contribution is 6.33. The Morgan fingerprint density at radius 1 is 1.50 bits per heavy atom. The molecule has 62 valence electrons. The minimum Gasteiger partial charge on any atom is -0.478 e. The third-order valence-electron chi connectivity index (χ3n) is 1.40. The number of halogens is 1. The lowest BCUT2D eigenvalue weighted by Gasteiger charge is -1.99. The summed E-state index contributed by atoms with van der Waals surface area (Å²) in [6, 6.07) is 4.29. The molecule has 0 radical (unpaired) electrons. The van der Waals surface area contributed by atoms with E-state index < -0.39 is 5.97 Å². The van der Waals surface area contributed by atoms with Crippen molar-refractivity contribution in [2.24, 2.45) is 0 Å². The first-order valence-corrected chi connectivity index (χ1v) is 3.51. The highest BCUT2D eigenvalue weighted by Gasteiger charge is 2.11.